The molecule has 0 atom stereocenters. The summed E-state index contributed by atoms with van der Waals surface area (Å²) in [4.78, 5) is 2.18. The number of methoxy groups -OCH3 is 1. The highest BCUT2D eigenvalue weighted by Crippen LogP contribution is 2.16. The second kappa shape index (κ2) is 7.30. The number of nitrogens with zero attached hydrogens (tertiary/aromatic N) is 1. The van der Waals surface area contributed by atoms with E-state index in [1.807, 2.05) is 12.1 Å². The van der Waals surface area contributed by atoms with E-state index in [1.165, 1.54) is 0 Å². The van der Waals surface area contributed by atoms with Crippen molar-refractivity contribution in [2.24, 2.45) is 0 Å². The first-order chi connectivity index (χ1) is 7.80. The molecule has 0 bridgehead atoms. The maximum Gasteiger partial charge on any atom is 0.284 e. The molecule has 1 aromatic rings. The Bertz CT molecular complexity index is 286. The first kappa shape index (κ1) is 13.1. The normalized spacial score (nSPS) is 11.0. The molecular formula is C12H21NO3. The Morgan fingerprint density at radius 1 is 1.38 bits per heavy atom. The summed E-state index contributed by atoms with van der Waals surface area (Å²) in [5, 5.41) is 8.97. The average Bonchev–Trinajstić information content (AvgIpc) is 2.74. The van der Waals surface area contributed by atoms with E-state index in [4.69, 9.17) is 14.3 Å². The van der Waals surface area contributed by atoms with Crippen molar-refractivity contribution in [3.8, 4) is 5.95 Å². The molecule has 16 heavy (non-hydrogen) atoms. The van der Waals surface area contributed by atoms with E-state index in [2.05, 4.69) is 11.8 Å². The lowest BCUT2D eigenvalue weighted by atomic mass is 10.3. The van der Waals surface area contributed by atoms with Crippen LogP contribution in [0.25, 0.3) is 0 Å². The van der Waals surface area contributed by atoms with Crippen LogP contribution >= 0.6 is 0 Å². The molecule has 0 saturated carbocycles. The van der Waals surface area contributed by atoms with Crippen molar-refractivity contribution < 1.29 is 14.3 Å². The number of hydrogen-bond donors (Lipinski definition) is 1. The SMILES string of the molecule is CCCCN(CCO)Cc1ccc(OC)o1. The zero-order valence-corrected chi connectivity index (χ0v) is 10.1. The van der Waals surface area contributed by atoms with Crippen LogP contribution in [0.5, 0.6) is 5.95 Å². The lowest BCUT2D eigenvalue weighted by Crippen LogP contribution is -2.27. The second-order valence-electron chi connectivity index (χ2n) is 3.78. The third-order valence-electron chi connectivity index (χ3n) is 2.46. The molecular weight excluding hydrogens is 206 g/mol. The molecule has 4 nitrogen and oxygen atoms in total. The highest BCUT2D eigenvalue weighted by Gasteiger charge is 2.08. The van der Waals surface area contributed by atoms with E-state index in [-0.39, 0.29) is 6.61 Å². The van der Waals surface area contributed by atoms with Gasteiger partial charge in [0.15, 0.2) is 0 Å². The topological polar surface area (TPSA) is 45.8 Å². The van der Waals surface area contributed by atoms with Gasteiger partial charge in [-0.1, -0.05) is 13.3 Å². The number of unbranched alkanes of at least 4 members (excludes halogenated alkanes) is 1. The smallest absolute Gasteiger partial charge is 0.284 e. The summed E-state index contributed by atoms with van der Waals surface area (Å²) in [5.41, 5.74) is 0. The van der Waals surface area contributed by atoms with Crippen molar-refractivity contribution in [3.05, 3.63) is 17.9 Å². The van der Waals surface area contributed by atoms with Crippen molar-refractivity contribution in [1.82, 2.24) is 4.90 Å². The van der Waals surface area contributed by atoms with Crippen LogP contribution in [0, 0.1) is 0 Å². The summed E-state index contributed by atoms with van der Waals surface area (Å²) in [6, 6.07) is 3.72. The number of rotatable bonds is 8. The van der Waals surface area contributed by atoms with Crippen LogP contribution < -0.4 is 4.74 Å². The van der Waals surface area contributed by atoms with Gasteiger partial charge in [-0.3, -0.25) is 4.90 Å². The van der Waals surface area contributed by atoms with Crippen molar-refractivity contribution in [3.63, 3.8) is 0 Å². The van der Waals surface area contributed by atoms with E-state index < -0.39 is 0 Å². The predicted octanol–water partition coefficient (Wildman–Crippen LogP) is 1.88. The van der Waals surface area contributed by atoms with Gasteiger partial charge in [-0.05, 0) is 19.0 Å². The van der Waals surface area contributed by atoms with Crippen LogP contribution in [-0.2, 0) is 6.54 Å². The largest absolute Gasteiger partial charge is 0.468 e. The van der Waals surface area contributed by atoms with E-state index in [1.54, 1.807) is 7.11 Å². The van der Waals surface area contributed by atoms with Gasteiger partial charge in [0.25, 0.3) is 5.95 Å². The molecule has 0 saturated heterocycles. The summed E-state index contributed by atoms with van der Waals surface area (Å²) in [5.74, 6) is 1.41. The van der Waals surface area contributed by atoms with Gasteiger partial charge in [0.2, 0.25) is 0 Å². The van der Waals surface area contributed by atoms with E-state index in [0.29, 0.717) is 12.5 Å². The fraction of sp³-hybridized carbons (Fsp3) is 0.667. The summed E-state index contributed by atoms with van der Waals surface area (Å²) in [6.07, 6.45) is 2.29. The maximum atomic E-state index is 8.97. The van der Waals surface area contributed by atoms with Crippen LogP contribution in [0.2, 0.25) is 0 Å². The van der Waals surface area contributed by atoms with Gasteiger partial charge in [0, 0.05) is 12.6 Å². The predicted molar refractivity (Wildman–Crippen MR) is 62.5 cm³/mol. The third-order valence-corrected chi connectivity index (χ3v) is 2.46. The van der Waals surface area contributed by atoms with Gasteiger partial charge < -0.3 is 14.3 Å². The van der Waals surface area contributed by atoms with Crippen molar-refractivity contribution in [1.29, 1.82) is 0 Å². The zero-order chi connectivity index (χ0) is 11.8. The molecule has 4 heteroatoms. The molecule has 0 unspecified atom stereocenters. The summed E-state index contributed by atoms with van der Waals surface area (Å²) < 4.78 is 10.4. The number of aliphatic hydroxyl groups is 1. The Balaban J connectivity index is 2.46. The number of aliphatic hydroxyl groups excluding tert-OH is 1. The molecule has 92 valence electrons. The Labute approximate surface area is 96.8 Å². The summed E-state index contributed by atoms with van der Waals surface area (Å²) >= 11 is 0. The molecule has 0 spiro atoms. The maximum absolute atomic E-state index is 8.97. The molecule has 0 fully saturated rings. The monoisotopic (exact) mass is 227 g/mol. The van der Waals surface area contributed by atoms with Gasteiger partial charge in [0.1, 0.15) is 5.76 Å². The first-order valence-corrected chi connectivity index (χ1v) is 5.76. The lowest BCUT2D eigenvalue weighted by molar-refractivity contribution is 0.175. The molecule has 1 rings (SSSR count). The van der Waals surface area contributed by atoms with E-state index in [9.17, 15) is 0 Å². The Hall–Kier alpha value is -1.00. The highest BCUT2D eigenvalue weighted by atomic mass is 16.6. The minimum absolute atomic E-state index is 0.182. The van der Waals surface area contributed by atoms with Crippen LogP contribution in [0.15, 0.2) is 16.5 Å². The molecule has 0 radical (unpaired) electrons. The molecule has 0 amide bonds. The van der Waals surface area contributed by atoms with Gasteiger partial charge in [0.05, 0.1) is 20.3 Å². The van der Waals surface area contributed by atoms with Gasteiger partial charge >= 0.3 is 0 Å². The molecule has 1 N–H and O–H groups in total. The lowest BCUT2D eigenvalue weighted by Gasteiger charge is -2.19. The second-order valence-corrected chi connectivity index (χ2v) is 3.78. The minimum atomic E-state index is 0.182. The Kier molecular flexibility index (Phi) is 5.96. The van der Waals surface area contributed by atoms with Crippen LogP contribution in [0.3, 0.4) is 0 Å². The molecule has 0 aromatic carbocycles. The van der Waals surface area contributed by atoms with Gasteiger partial charge in [-0.2, -0.15) is 0 Å². The average molecular weight is 227 g/mol. The van der Waals surface area contributed by atoms with Crippen LogP contribution in [0.4, 0.5) is 0 Å². The summed E-state index contributed by atoms with van der Waals surface area (Å²) in [6.45, 7) is 4.74. The zero-order valence-electron chi connectivity index (χ0n) is 10.1. The fourth-order valence-electron chi connectivity index (χ4n) is 1.57. The van der Waals surface area contributed by atoms with Crippen LogP contribution in [0.1, 0.15) is 25.5 Å². The highest BCUT2D eigenvalue weighted by molar-refractivity contribution is 5.11. The molecule has 1 aromatic heterocycles. The van der Waals surface area contributed by atoms with Gasteiger partial charge in [-0.25, -0.2) is 0 Å². The molecule has 1 heterocycles. The summed E-state index contributed by atoms with van der Waals surface area (Å²) in [7, 11) is 1.59. The van der Waals surface area contributed by atoms with Crippen molar-refractivity contribution >= 4 is 0 Å². The number of furan rings is 1. The quantitative estimate of drug-likeness (QED) is 0.736. The molecule has 0 aliphatic rings. The van der Waals surface area contributed by atoms with Crippen LogP contribution in [-0.4, -0.2) is 36.8 Å². The molecule has 0 aliphatic heterocycles. The van der Waals surface area contributed by atoms with Crippen molar-refractivity contribution in [2.45, 2.75) is 26.3 Å². The number of hydrogen-bond acceptors (Lipinski definition) is 4. The third kappa shape index (κ3) is 4.24. The minimum Gasteiger partial charge on any atom is -0.468 e. The van der Waals surface area contributed by atoms with Crippen molar-refractivity contribution in [2.75, 3.05) is 26.8 Å². The Morgan fingerprint density at radius 3 is 2.75 bits per heavy atom. The van der Waals surface area contributed by atoms with Gasteiger partial charge in [-0.15, -0.1) is 0 Å². The van der Waals surface area contributed by atoms with E-state index >= 15 is 0 Å². The number of ether oxygens (including phenoxy) is 1. The fourth-order valence-corrected chi connectivity index (χ4v) is 1.57. The van der Waals surface area contributed by atoms with E-state index in [0.717, 1.165) is 31.7 Å². The standard InChI is InChI=1S/C12H21NO3/c1-3-4-7-13(8-9-14)10-11-5-6-12(15-2)16-11/h5-6,14H,3-4,7-10H2,1-2H3. The Morgan fingerprint density at radius 2 is 2.19 bits per heavy atom. The molecule has 0 aliphatic carbocycles. The first-order valence-electron chi connectivity index (χ1n) is 5.76.